The number of aromatic nitrogens is 1. The summed E-state index contributed by atoms with van der Waals surface area (Å²) < 4.78 is 28.5. The van der Waals surface area contributed by atoms with E-state index >= 15 is 0 Å². The first-order valence-corrected chi connectivity index (χ1v) is 11.2. The van der Waals surface area contributed by atoms with Gasteiger partial charge in [0, 0.05) is 13.1 Å². The Balaban J connectivity index is 1.57. The smallest absolute Gasteiger partial charge is 0.244 e. The third-order valence-corrected chi connectivity index (χ3v) is 6.82. The SMILES string of the molecule is Cc1oc(-c2cccs2)nc1CC(=O)NC(C)C(=O)N1CCS(=O)(=O)CC1. The molecule has 146 valence electrons. The molecule has 27 heavy (non-hydrogen) atoms. The number of aryl methyl sites for hydroxylation is 1. The fraction of sp³-hybridized carbons (Fsp3) is 0.471. The van der Waals surface area contributed by atoms with Crippen LogP contribution in [0.5, 0.6) is 0 Å². The average molecular weight is 412 g/mol. The van der Waals surface area contributed by atoms with Gasteiger partial charge in [0.15, 0.2) is 9.84 Å². The fourth-order valence-electron chi connectivity index (χ4n) is 2.81. The highest BCUT2D eigenvalue weighted by Gasteiger charge is 2.28. The Labute approximate surface area is 161 Å². The molecular formula is C17H21N3O5S2. The van der Waals surface area contributed by atoms with E-state index in [1.54, 1.807) is 13.8 Å². The minimum atomic E-state index is -3.06. The van der Waals surface area contributed by atoms with Crippen LogP contribution >= 0.6 is 11.3 Å². The van der Waals surface area contributed by atoms with Gasteiger partial charge in [0.1, 0.15) is 11.8 Å². The van der Waals surface area contributed by atoms with E-state index < -0.39 is 15.9 Å². The standard InChI is InChI=1S/C17H21N3O5S2/c1-11(17(22)20-5-8-27(23,24)9-6-20)18-15(21)10-13-12(2)25-16(19-13)14-4-3-7-26-14/h3-4,7,11H,5-6,8-10H2,1-2H3,(H,18,21). The van der Waals surface area contributed by atoms with Gasteiger partial charge in [-0.3, -0.25) is 9.59 Å². The molecule has 8 nitrogen and oxygen atoms in total. The molecule has 0 bridgehead atoms. The number of carbonyl (C=O) groups is 2. The predicted molar refractivity (Wildman–Crippen MR) is 101 cm³/mol. The normalized spacial score (nSPS) is 17.5. The molecule has 0 spiro atoms. The van der Waals surface area contributed by atoms with Gasteiger partial charge in [0.2, 0.25) is 17.7 Å². The van der Waals surface area contributed by atoms with Gasteiger partial charge in [-0.2, -0.15) is 0 Å². The van der Waals surface area contributed by atoms with E-state index in [-0.39, 0.29) is 42.8 Å². The molecule has 1 atom stereocenters. The van der Waals surface area contributed by atoms with Gasteiger partial charge < -0.3 is 14.6 Å². The lowest BCUT2D eigenvalue weighted by Gasteiger charge is -2.29. The number of thiophene rings is 1. The molecule has 1 unspecified atom stereocenters. The molecule has 1 fully saturated rings. The number of rotatable bonds is 5. The number of oxazole rings is 1. The Bertz CT molecular complexity index is 920. The van der Waals surface area contributed by atoms with E-state index in [1.807, 2.05) is 17.5 Å². The maximum atomic E-state index is 12.4. The predicted octanol–water partition coefficient (Wildman–Crippen LogP) is 1.02. The molecule has 0 aliphatic carbocycles. The van der Waals surface area contributed by atoms with Crippen molar-refractivity contribution in [2.75, 3.05) is 24.6 Å². The van der Waals surface area contributed by atoms with E-state index in [9.17, 15) is 18.0 Å². The van der Waals surface area contributed by atoms with E-state index in [1.165, 1.54) is 16.2 Å². The zero-order chi connectivity index (χ0) is 19.6. The van der Waals surface area contributed by atoms with Crippen molar-refractivity contribution in [3.05, 3.63) is 29.0 Å². The van der Waals surface area contributed by atoms with Crippen molar-refractivity contribution in [1.82, 2.24) is 15.2 Å². The van der Waals surface area contributed by atoms with Crippen molar-refractivity contribution >= 4 is 33.0 Å². The summed E-state index contributed by atoms with van der Waals surface area (Å²) in [6.45, 7) is 3.66. The summed E-state index contributed by atoms with van der Waals surface area (Å²) in [4.78, 5) is 31.4. The van der Waals surface area contributed by atoms with E-state index in [4.69, 9.17) is 4.42 Å². The van der Waals surface area contributed by atoms with Gasteiger partial charge in [-0.25, -0.2) is 13.4 Å². The second-order valence-electron chi connectivity index (χ2n) is 6.44. The Kier molecular flexibility index (Phi) is 5.66. The van der Waals surface area contributed by atoms with Crippen molar-refractivity contribution in [3.8, 4) is 10.8 Å². The van der Waals surface area contributed by atoms with Gasteiger partial charge >= 0.3 is 0 Å². The molecule has 1 N–H and O–H groups in total. The number of carbonyl (C=O) groups excluding carboxylic acids is 2. The summed E-state index contributed by atoms with van der Waals surface area (Å²) in [6, 6.07) is 3.05. The molecule has 0 saturated carbocycles. The van der Waals surface area contributed by atoms with Crippen LogP contribution in [0.3, 0.4) is 0 Å². The summed E-state index contributed by atoms with van der Waals surface area (Å²) in [7, 11) is -3.06. The first-order valence-electron chi connectivity index (χ1n) is 8.54. The fourth-order valence-corrected chi connectivity index (χ4v) is 4.66. The molecule has 2 aromatic heterocycles. The quantitative estimate of drug-likeness (QED) is 0.787. The number of nitrogens with zero attached hydrogens (tertiary/aromatic N) is 2. The van der Waals surface area contributed by atoms with E-state index in [2.05, 4.69) is 10.3 Å². The lowest BCUT2D eigenvalue weighted by atomic mass is 10.2. The minimum absolute atomic E-state index is 0.00665. The second kappa shape index (κ2) is 7.81. The van der Waals surface area contributed by atoms with Crippen molar-refractivity contribution < 1.29 is 22.4 Å². The number of sulfone groups is 1. The Morgan fingerprint density at radius 3 is 2.70 bits per heavy atom. The van der Waals surface area contributed by atoms with Crippen molar-refractivity contribution in [2.45, 2.75) is 26.3 Å². The molecule has 1 aliphatic heterocycles. The number of nitrogens with one attached hydrogen (secondary N) is 1. The maximum absolute atomic E-state index is 12.4. The molecule has 1 saturated heterocycles. The molecular weight excluding hydrogens is 390 g/mol. The summed E-state index contributed by atoms with van der Waals surface area (Å²) in [6.07, 6.45) is 0.00665. The topological polar surface area (TPSA) is 110 Å². The summed E-state index contributed by atoms with van der Waals surface area (Å²) >= 11 is 1.50. The third kappa shape index (κ3) is 4.75. The maximum Gasteiger partial charge on any atom is 0.244 e. The van der Waals surface area contributed by atoms with Gasteiger partial charge in [-0.1, -0.05) is 6.07 Å². The van der Waals surface area contributed by atoms with Crippen LogP contribution in [0.4, 0.5) is 0 Å². The summed E-state index contributed by atoms with van der Waals surface area (Å²) in [5.74, 6) is 0.341. The van der Waals surface area contributed by atoms with E-state index in [0.717, 1.165) is 4.88 Å². The Hall–Kier alpha value is -2.20. The molecule has 3 rings (SSSR count). The molecule has 0 radical (unpaired) electrons. The lowest BCUT2D eigenvalue weighted by Crippen LogP contribution is -2.51. The summed E-state index contributed by atoms with van der Waals surface area (Å²) in [5.41, 5.74) is 0.527. The Morgan fingerprint density at radius 2 is 2.07 bits per heavy atom. The molecule has 3 heterocycles. The summed E-state index contributed by atoms with van der Waals surface area (Å²) in [5, 5.41) is 4.58. The average Bonchev–Trinajstić information content (AvgIpc) is 3.24. The molecule has 1 aliphatic rings. The largest absolute Gasteiger partial charge is 0.440 e. The Morgan fingerprint density at radius 1 is 1.37 bits per heavy atom. The van der Waals surface area contributed by atoms with Crippen LogP contribution in [0.15, 0.2) is 21.9 Å². The third-order valence-electron chi connectivity index (χ3n) is 4.36. The molecule has 2 amide bonds. The van der Waals surface area contributed by atoms with Crippen LogP contribution in [0, 0.1) is 6.92 Å². The van der Waals surface area contributed by atoms with Crippen molar-refractivity contribution in [2.24, 2.45) is 0 Å². The van der Waals surface area contributed by atoms with Gasteiger partial charge in [0.05, 0.1) is 28.5 Å². The van der Waals surface area contributed by atoms with Crippen LogP contribution in [0.1, 0.15) is 18.4 Å². The van der Waals surface area contributed by atoms with Gasteiger partial charge in [-0.15, -0.1) is 11.3 Å². The molecule has 10 heteroatoms. The molecule has 0 aromatic carbocycles. The zero-order valence-electron chi connectivity index (χ0n) is 15.1. The minimum Gasteiger partial charge on any atom is -0.440 e. The monoisotopic (exact) mass is 411 g/mol. The highest BCUT2D eigenvalue weighted by Crippen LogP contribution is 2.26. The van der Waals surface area contributed by atoms with Crippen LogP contribution < -0.4 is 5.32 Å². The highest BCUT2D eigenvalue weighted by molar-refractivity contribution is 7.91. The van der Waals surface area contributed by atoms with Crippen LogP contribution in [-0.4, -0.2) is 60.8 Å². The molecule has 2 aromatic rings. The first kappa shape index (κ1) is 19.6. The van der Waals surface area contributed by atoms with Crippen LogP contribution in [-0.2, 0) is 25.8 Å². The van der Waals surface area contributed by atoms with Gasteiger partial charge in [0.25, 0.3) is 0 Å². The van der Waals surface area contributed by atoms with Crippen molar-refractivity contribution in [1.29, 1.82) is 0 Å². The first-order chi connectivity index (χ1) is 12.7. The highest BCUT2D eigenvalue weighted by atomic mass is 32.2. The lowest BCUT2D eigenvalue weighted by molar-refractivity contribution is -0.135. The van der Waals surface area contributed by atoms with Crippen LogP contribution in [0.25, 0.3) is 10.8 Å². The second-order valence-corrected chi connectivity index (χ2v) is 9.69. The van der Waals surface area contributed by atoms with E-state index in [0.29, 0.717) is 17.3 Å². The van der Waals surface area contributed by atoms with Gasteiger partial charge in [-0.05, 0) is 25.3 Å². The number of hydrogen-bond acceptors (Lipinski definition) is 7. The van der Waals surface area contributed by atoms with Crippen LogP contribution in [0.2, 0.25) is 0 Å². The number of hydrogen-bond donors (Lipinski definition) is 1. The van der Waals surface area contributed by atoms with Crippen molar-refractivity contribution in [3.63, 3.8) is 0 Å². The zero-order valence-corrected chi connectivity index (χ0v) is 16.7. The number of amides is 2.